The van der Waals surface area contributed by atoms with E-state index in [2.05, 4.69) is 5.32 Å². The average Bonchev–Trinajstić information content (AvgIpc) is 2.35. The van der Waals surface area contributed by atoms with Crippen LogP contribution in [0.15, 0.2) is 0 Å². The molecule has 76 valence electrons. The highest BCUT2D eigenvalue weighted by Crippen LogP contribution is 2.34. The van der Waals surface area contributed by atoms with Gasteiger partial charge in [0.2, 0.25) is 0 Å². The van der Waals surface area contributed by atoms with E-state index in [9.17, 15) is 25.5 Å². The van der Waals surface area contributed by atoms with Crippen LogP contribution in [0.3, 0.4) is 0 Å². The fraction of sp³-hybridized carbons (Fsp3) is 1.00. The number of hydrogen-bond acceptors (Lipinski definition) is 6. The second kappa shape index (κ2) is 2.63. The van der Waals surface area contributed by atoms with Crippen LogP contribution in [-0.4, -0.2) is 61.7 Å². The first-order valence-corrected chi connectivity index (χ1v) is 4.18. The van der Waals surface area contributed by atoms with Crippen molar-refractivity contribution in [1.29, 1.82) is 0 Å². The molecule has 0 aliphatic carbocycles. The zero-order chi connectivity index (χ0) is 9.80. The molecule has 13 heavy (non-hydrogen) atoms. The standard InChI is InChI=1S/C7H13NO5/c9-2-1-7(13)6(12)5(11)4(10)3(2)8-7/h2-6,8-13H,1H2/t2-,3-,4-,5-,6-,7-/m1/s1. The van der Waals surface area contributed by atoms with E-state index < -0.39 is 36.2 Å². The normalized spacial score (nSPS) is 61.2. The Morgan fingerprint density at radius 3 is 2.31 bits per heavy atom. The van der Waals surface area contributed by atoms with Gasteiger partial charge in [0, 0.05) is 6.42 Å². The van der Waals surface area contributed by atoms with Crippen molar-refractivity contribution in [3.63, 3.8) is 0 Å². The summed E-state index contributed by atoms with van der Waals surface area (Å²) in [5.41, 5.74) is -1.68. The van der Waals surface area contributed by atoms with E-state index in [1.165, 1.54) is 0 Å². The lowest BCUT2D eigenvalue weighted by Crippen LogP contribution is -2.67. The predicted molar refractivity (Wildman–Crippen MR) is 40.5 cm³/mol. The van der Waals surface area contributed by atoms with Gasteiger partial charge in [-0.15, -0.1) is 0 Å². The highest BCUT2D eigenvalue weighted by Gasteiger charge is 2.58. The molecule has 0 aromatic heterocycles. The lowest BCUT2D eigenvalue weighted by molar-refractivity contribution is -0.187. The molecule has 0 amide bonds. The molecule has 0 unspecified atom stereocenters. The number of hydrogen-bond donors (Lipinski definition) is 6. The lowest BCUT2D eigenvalue weighted by Gasteiger charge is -2.40. The van der Waals surface area contributed by atoms with E-state index in [0.29, 0.717) is 0 Å². The third-order valence-corrected chi connectivity index (χ3v) is 2.88. The maximum absolute atomic E-state index is 9.66. The highest BCUT2D eigenvalue weighted by atomic mass is 16.4. The Bertz CT molecular complexity index is 219. The van der Waals surface area contributed by atoms with Gasteiger partial charge in [0.15, 0.2) is 0 Å². The van der Waals surface area contributed by atoms with Gasteiger partial charge in [-0.05, 0) is 0 Å². The minimum absolute atomic E-state index is 0.0903. The fourth-order valence-corrected chi connectivity index (χ4v) is 2.09. The average molecular weight is 191 g/mol. The van der Waals surface area contributed by atoms with Crippen molar-refractivity contribution in [3.05, 3.63) is 0 Å². The Hall–Kier alpha value is -0.240. The quantitative estimate of drug-likeness (QED) is 0.237. The summed E-state index contributed by atoms with van der Waals surface area (Å²) in [5, 5.41) is 49.6. The number of aliphatic hydroxyl groups excluding tert-OH is 4. The maximum Gasteiger partial charge on any atom is 0.147 e. The van der Waals surface area contributed by atoms with Crippen LogP contribution in [0.5, 0.6) is 0 Å². The Kier molecular flexibility index (Phi) is 1.88. The van der Waals surface area contributed by atoms with Gasteiger partial charge >= 0.3 is 0 Å². The highest BCUT2D eigenvalue weighted by molar-refractivity contribution is 5.11. The van der Waals surface area contributed by atoms with Gasteiger partial charge in [-0.2, -0.15) is 0 Å². The molecule has 2 heterocycles. The summed E-state index contributed by atoms with van der Waals surface area (Å²) >= 11 is 0. The fourth-order valence-electron chi connectivity index (χ4n) is 2.09. The molecule has 2 bridgehead atoms. The Morgan fingerprint density at radius 2 is 1.69 bits per heavy atom. The van der Waals surface area contributed by atoms with Gasteiger partial charge in [-0.1, -0.05) is 0 Å². The van der Waals surface area contributed by atoms with E-state index in [1.807, 2.05) is 0 Å². The lowest BCUT2D eigenvalue weighted by atomic mass is 9.94. The summed E-state index contributed by atoms with van der Waals surface area (Å²) in [6.45, 7) is 0. The molecule has 0 aromatic carbocycles. The molecule has 0 spiro atoms. The van der Waals surface area contributed by atoms with E-state index in [0.717, 1.165) is 0 Å². The Balaban J connectivity index is 2.30. The van der Waals surface area contributed by atoms with Crippen LogP contribution in [-0.2, 0) is 0 Å². The van der Waals surface area contributed by atoms with Crippen LogP contribution in [0.4, 0.5) is 0 Å². The van der Waals surface area contributed by atoms with Crippen LogP contribution in [0.25, 0.3) is 0 Å². The zero-order valence-corrected chi connectivity index (χ0v) is 6.83. The van der Waals surface area contributed by atoms with Gasteiger partial charge in [0.05, 0.1) is 12.1 Å². The summed E-state index contributed by atoms with van der Waals surface area (Å²) in [7, 11) is 0. The molecule has 2 aliphatic rings. The van der Waals surface area contributed by atoms with Crippen LogP contribution in [0.2, 0.25) is 0 Å². The number of aliphatic hydroxyl groups is 5. The largest absolute Gasteiger partial charge is 0.391 e. The molecule has 6 nitrogen and oxygen atoms in total. The molecule has 2 rings (SSSR count). The van der Waals surface area contributed by atoms with E-state index >= 15 is 0 Å². The zero-order valence-electron chi connectivity index (χ0n) is 6.83. The first kappa shape index (κ1) is 9.32. The van der Waals surface area contributed by atoms with Crippen molar-refractivity contribution in [1.82, 2.24) is 5.32 Å². The summed E-state index contributed by atoms with van der Waals surface area (Å²) in [4.78, 5) is 0. The van der Waals surface area contributed by atoms with Crippen molar-refractivity contribution in [2.24, 2.45) is 0 Å². The topological polar surface area (TPSA) is 113 Å². The van der Waals surface area contributed by atoms with Crippen LogP contribution in [0.1, 0.15) is 6.42 Å². The third-order valence-electron chi connectivity index (χ3n) is 2.88. The molecule has 0 radical (unpaired) electrons. The van der Waals surface area contributed by atoms with Crippen molar-refractivity contribution in [2.75, 3.05) is 0 Å². The van der Waals surface area contributed by atoms with E-state index in [-0.39, 0.29) is 6.42 Å². The number of nitrogens with one attached hydrogen (secondary N) is 1. The summed E-state index contributed by atoms with van der Waals surface area (Å²) < 4.78 is 0. The third kappa shape index (κ3) is 1.11. The van der Waals surface area contributed by atoms with Crippen molar-refractivity contribution < 1.29 is 25.5 Å². The number of piperidine rings is 1. The minimum Gasteiger partial charge on any atom is -0.391 e. The molecule has 2 saturated heterocycles. The second-order valence-electron chi connectivity index (χ2n) is 3.79. The van der Waals surface area contributed by atoms with Gasteiger partial charge < -0.3 is 25.5 Å². The van der Waals surface area contributed by atoms with E-state index in [4.69, 9.17) is 0 Å². The van der Waals surface area contributed by atoms with Crippen LogP contribution >= 0.6 is 0 Å². The van der Waals surface area contributed by atoms with Gasteiger partial charge in [0.25, 0.3) is 0 Å². The molecule has 6 heteroatoms. The molecular weight excluding hydrogens is 178 g/mol. The van der Waals surface area contributed by atoms with Gasteiger partial charge in [-0.25, -0.2) is 0 Å². The van der Waals surface area contributed by atoms with Crippen LogP contribution < -0.4 is 5.32 Å². The second-order valence-corrected chi connectivity index (χ2v) is 3.79. The molecule has 0 saturated carbocycles. The predicted octanol–water partition coefficient (Wildman–Crippen LogP) is -3.51. The molecule has 0 aromatic rings. The first-order chi connectivity index (χ1) is 5.96. The monoisotopic (exact) mass is 191 g/mol. The van der Waals surface area contributed by atoms with Crippen molar-refractivity contribution in [3.8, 4) is 0 Å². The van der Waals surface area contributed by atoms with Gasteiger partial charge in [-0.3, -0.25) is 5.32 Å². The summed E-state index contributed by atoms with van der Waals surface area (Å²) in [6, 6.07) is -0.775. The van der Waals surface area contributed by atoms with Crippen LogP contribution in [0, 0.1) is 0 Å². The molecule has 6 N–H and O–H groups in total. The van der Waals surface area contributed by atoms with Crippen molar-refractivity contribution >= 4 is 0 Å². The van der Waals surface area contributed by atoms with Crippen molar-refractivity contribution in [2.45, 2.75) is 42.6 Å². The van der Waals surface area contributed by atoms with E-state index in [1.54, 1.807) is 0 Å². The minimum atomic E-state index is -1.68. The number of fused-ring (bicyclic) bond motifs is 2. The molecular formula is C7H13NO5. The smallest absolute Gasteiger partial charge is 0.147 e. The summed E-state index contributed by atoms with van der Waals surface area (Å²) in [6.07, 6.45) is -5.20. The Labute approximate surface area is 74.4 Å². The van der Waals surface area contributed by atoms with Gasteiger partial charge in [0.1, 0.15) is 24.0 Å². The molecule has 2 fully saturated rings. The molecule has 6 atom stereocenters. The molecule has 2 aliphatic heterocycles. The maximum atomic E-state index is 9.66. The Morgan fingerprint density at radius 1 is 1.08 bits per heavy atom. The first-order valence-electron chi connectivity index (χ1n) is 4.18. The summed E-state index contributed by atoms with van der Waals surface area (Å²) in [5.74, 6) is 0. The SMILES string of the molecule is O[C@@H]1[C@H](O)[C@@H]2N[C@@](O)(C[C@H]2O)[C@@H]1O. The number of rotatable bonds is 0.